The molecule has 0 saturated carbocycles. The number of phenols is 2. The zero-order valence-electron chi connectivity index (χ0n) is 48.4. The second-order valence-electron chi connectivity index (χ2n) is 20.2. The fourth-order valence-corrected chi connectivity index (χ4v) is 8.89. The fraction of sp³-hybridized carbons (Fsp3) is 0.323. The average molecular weight is 1080 g/mol. The summed E-state index contributed by atoms with van der Waals surface area (Å²) < 4.78 is 27.4. The third kappa shape index (κ3) is 14.4. The molecule has 8 rings (SSSR count). The summed E-state index contributed by atoms with van der Waals surface area (Å²) in [5, 5.41) is 22.8. The largest absolute Gasteiger partial charge is 0.507 e. The minimum absolute atomic E-state index is 0.169. The molecule has 0 aliphatic heterocycles. The van der Waals surface area contributed by atoms with Gasteiger partial charge in [-0.2, -0.15) is 0 Å². The number of nitrogens with zero attached hydrogens (tertiary/aromatic N) is 6. The minimum atomic E-state index is -1.16. The number of benzene rings is 6. The molecule has 0 radical (unpaired) electrons. The van der Waals surface area contributed by atoms with E-state index in [1.807, 2.05) is 97.0 Å². The Balaban J connectivity index is 0.00000124. The second-order valence-corrected chi connectivity index (χ2v) is 20.2. The van der Waals surface area contributed by atoms with Crippen LogP contribution in [0.25, 0.3) is 68.3 Å². The van der Waals surface area contributed by atoms with Crippen LogP contribution < -0.4 is 9.47 Å². The van der Waals surface area contributed by atoms with E-state index < -0.39 is 30.9 Å². The number of hydrogen-bond donors (Lipinski definition) is 2. The monoisotopic (exact) mass is 1080 g/mol. The number of phenolic OH excluding ortho intramolecular Hbond substituents is 2. The number of esters is 2. The highest BCUT2D eigenvalue weighted by Crippen LogP contribution is 2.38. The van der Waals surface area contributed by atoms with Crippen LogP contribution in [0.1, 0.15) is 96.2 Å². The van der Waals surface area contributed by atoms with E-state index in [1.54, 1.807) is 25.1 Å². The smallest absolute Gasteiger partial charge is 0.349 e. The second kappa shape index (κ2) is 26.4. The molecule has 0 fully saturated rings. The van der Waals surface area contributed by atoms with E-state index in [9.17, 15) is 19.8 Å². The highest BCUT2D eigenvalue weighted by molar-refractivity contribution is 5.78. The molecule has 0 aliphatic carbocycles. The molecule has 2 N–H and O–H groups in total. The first kappa shape index (κ1) is 59.1. The highest BCUT2D eigenvalue weighted by Gasteiger charge is 2.25. The summed E-state index contributed by atoms with van der Waals surface area (Å²) in [4.78, 5) is 55.2. The van der Waals surface area contributed by atoms with Crippen LogP contribution in [0, 0.1) is 69.2 Å². The van der Waals surface area contributed by atoms with Crippen molar-refractivity contribution in [3.8, 4) is 91.3 Å². The Morgan fingerprint density at radius 1 is 0.425 bits per heavy atom. The first-order chi connectivity index (χ1) is 38.1. The Morgan fingerprint density at radius 2 is 0.825 bits per heavy atom. The zero-order valence-corrected chi connectivity index (χ0v) is 48.4. The van der Waals surface area contributed by atoms with Crippen molar-refractivity contribution >= 4 is 11.9 Å². The number of hydrogen-bond acceptors (Lipinski definition) is 15. The van der Waals surface area contributed by atoms with Crippen LogP contribution in [0.4, 0.5) is 0 Å². The molecule has 2 atom stereocenters. The van der Waals surface area contributed by atoms with Gasteiger partial charge >= 0.3 is 11.9 Å². The molecule has 6 aromatic carbocycles. The van der Waals surface area contributed by atoms with Gasteiger partial charge in [-0.1, -0.05) is 97.3 Å². The van der Waals surface area contributed by atoms with Crippen LogP contribution in [-0.4, -0.2) is 84.3 Å². The van der Waals surface area contributed by atoms with E-state index in [0.29, 0.717) is 40.0 Å². The van der Waals surface area contributed by atoms with Crippen molar-refractivity contribution in [2.45, 2.75) is 122 Å². The molecule has 2 unspecified atom stereocenters. The van der Waals surface area contributed by atoms with Gasteiger partial charge in [-0.05, 0) is 153 Å². The number of rotatable bonds is 18. The Hall–Kier alpha value is -8.56. The molecule has 416 valence electrons. The highest BCUT2D eigenvalue weighted by atomic mass is 16.7. The molecule has 8 aromatic rings. The number of aryl methyl sites for hydroxylation is 8. The molecule has 0 aliphatic rings. The van der Waals surface area contributed by atoms with Crippen molar-refractivity contribution in [2.24, 2.45) is 0 Å². The van der Waals surface area contributed by atoms with Crippen LogP contribution in [-0.2, 0) is 23.8 Å². The number of aromatic nitrogens is 6. The SMILES string of the molecule is CCCOCCC.Cc1ccc(-c2nc(-c3ccc(C)cc3C)nc(-c3cc(C)c(OC(C)C(=O)OCOC(=O)C(C)Oc4ccc(-c5nc(-c6ccc(C)cc6C)nc(-c6ccc(C)c(C)c6C)n5)c(O)c4)cc3O)n2)c(C)c1. The summed E-state index contributed by atoms with van der Waals surface area (Å²) >= 11 is 0. The molecule has 15 heteroatoms. The lowest BCUT2D eigenvalue weighted by molar-refractivity contribution is -0.175. The molecule has 0 bridgehead atoms. The average Bonchev–Trinajstić information content (AvgIpc) is 3.46. The predicted molar refractivity (Wildman–Crippen MR) is 312 cm³/mol. The maximum Gasteiger partial charge on any atom is 0.349 e. The number of ether oxygens (including phenoxy) is 5. The van der Waals surface area contributed by atoms with Gasteiger partial charge in [-0.3, -0.25) is 0 Å². The molecular formula is C65H72N6O9. The van der Waals surface area contributed by atoms with Crippen LogP contribution >= 0.6 is 0 Å². The lowest BCUT2D eigenvalue weighted by atomic mass is 9.98. The topological polar surface area (TPSA) is 198 Å². The van der Waals surface area contributed by atoms with Crippen molar-refractivity contribution in [3.63, 3.8) is 0 Å². The Bertz CT molecular complexity index is 3490. The Kier molecular flexibility index (Phi) is 19.5. The zero-order chi connectivity index (χ0) is 57.9. The van der Waals surface area contributed by atoms with Crippen LogP contribution in [0.15, 0.2) is 97.1 Å². The van der Waals surface area contributed by atoms with Crippen LogP contribution in [0.2, 0.25) is 0 Å². The summed E-state index contributed by atoms with van der Waals surface area (Å²) in [6.07, 6.45) is -0.0440. The Labute approximate surface area is 469 Å². The van der Waals surface area contributed by atoms with E-state index in [1.165, 1.54) is 26.0 Å². The van der Waals surface area contributed by atoms with Crippen molar-refractivity contribution < 1.29 is 43.5 Å². The molecule has 2 heterocycles. The van der Waals surface area contributed by atoms with Gasteiger partial charge in [-0.25, -0.2) is 39.5 Å². The standard InChI is InChI=1S/C59H58N6O8.C6H14O/c1-30-13-18-43(34(5)23-30)52-60-53(44-19-14-31(2)24-35(44)6)64-57(63-52)48-26-37(8)51(28-50(48)67)73-41(12)59(69)71-29-70-58(68)40(11)72-42-17-22-47(49(66)27-42)56-62-54(45-20-15-32(3)25-36(45)7)61-55(65-56)46-21-16-33(4)38(9)39(46)10;1-3-5-7-6-4-2/h13-28,40-41,66-67H,29H2,1-12H3;3-6H2,1-2H3. The van der Waals surface area contributed by atoms with Gasteiger partial charge < -0.3 is 33.9 Å². The maximum atomic E-state index is 13.1. The van der Waals surface area contributed by atoms with Crippen LogP contribution in [0.3, 0.4) is 0 Å². The van der Waals surface area contributed by atoms with Crippen LogP contribution in [0.5, 0.6) is 23.0 Å². The van der Waals surface area contributed by atoms with Gasteiger partial charge in [0, 0.05) is 47.6 Å². The molecule has 0 spiro atoms. The normalized spacial score (nSPS) is 11.8. The lowest BCUT2D eigenvalue weighted by Crippen LogP contribution is -2.30. The van der Waals surface area contributed by atoms with Crippen molar-refractivity contribution in [1.29, 1.82) is 0 Å². The van der Waals surface area contributed by atoms with Gasteiger partial charge in [-0.15, -0.1) is 0 Å². The third-order valence-corrected chi connectivity index (χ3v) is 13.6. The van der Waals surface area contributed by atoms with E-state index in [-0.39, 0.29) is 34.6 Å². The Morgan fingerprint density at radius 3 is 1.27 bits per heavy atom. The van der Waals surface area contributed by atoms with E-state index in [2.05, 4.69) is 45.9 Å². The van der Waals surface area contributed by atoms with E-state index >= 15 is 0 Å². The maximum absolute atomic E-state index is 13.1. The summed E-state index contributed by atoms with van der Waals surface area (Å²) in [7, 11) is 0. The van der Waals surface area contributed by atoms with Gasteiger partial charge in [0.15, 0.2) is 47.2 Å². The van der Waals surface area contributed by atoms with Gasteiger partial charge in [0.2, 0.25) is 6.79 Å². The summed E-state index contributed by atoms with van der Waals surface area (Å²) in [5.41, 5.74) is 14.2. The van der Waals surface area contributed by atoms with E-state index in [0.717, 1.165) is 98.4 Å². The summed E-state index contributed by atoms with van der Waals surface area (Å²) in [5.74, 6) is 0.712. The quantitative estimate of drug-likeness (QED) is 0.0467. The van der Waals surface area contributed by atoms with Gasteiger partial charge in [0.05, 0.1) is 11.1 Å². The fourth-order valence-electron chi connectivity index (χ4n) is 8.89. The molecular weight excluding hydrogens is 1010 g/mol. The van der Waals surface area contributed by atoms with Crippen molar-refractivity contribution in [2.75, 3.05) is 20.0 Å². The molecule has 0 amide bonds. The van der Waals surface area contributed by atoms with Gasteiger partial charge in [0.1, 0.15) is 23.0 Å². The summed E-state index contributed by atoms with van der Waals surface area (Å²) in [6, 6.07) is 29.8. The number of carbonyl (C=O) groups is 2. The van der Waals surface area contributed by atoms with Crippen molar-refractivity contribution in [3.05, 3.63) is 153 Å². The first-order valence-electron chi connectivity index (χ1n) is 26.9. The molecule has 2 aromatic heterocycles. The molecule has 80 heavy (non-hydrogen) atoms. The van der Waals surface area contributed by atoms with E-state index in [4.69, 9.17) is 53.6 Å². The third-order valence-electron chi connectivity index (χ3n) is 13.6. The predicted octanol–water partition coefficient (Wildman–Crippen LogP) is 13.7. The van der Waals surface area contributed by atoms with Crippen molar-refractivity contribution in [1.82, 2.24) is 29.9 Å². The lowest BCUT2D eigenvalue weighted by Gasteiger charge is -2.18. The molecule has 0 saturated heterocycles. The minimum Gasteiger partial charge on any atom is -0.507 e. The van der Waals surface area contributed by atoms with Gasteiger partial charge in [0.25, 0.3) is 0 Å². The summed E-state index contributed by atoms with van der Waals surface area (Å²) in [6.45, 7) is 28.3. The number of carbonyl (C=O) groups excluding carboxylic acids is 2. The first-order valence-corrected chi connectivity index (χ1v) is 26.9. The number of aromatic hydroxyl groups is 2. The molecule has 15 nitrogen and oxygen atoms in total.